The largest absolute Gasteiger partial charge is 0.376 e. The molecule has 149 valence electrons. The Morgan fingerprint density at radius 2 is 1.13 bits per heavy atom. The number of rotatable bonds is 2. The molecule has 2 nitrogen and oxygen atoms in total. The van der Waals surface area contributed by atoms with Gasteiger partial charge in [-0.1, -0.05) is 63.4 Å². The van der Waals surface area contributed by atoms with E-state index in [1.165, 1.54) is 16.3 Å². The topological polar surface area (TPSA) is 34.1 Å². The Labute approximate surface area is 202 Å². The van der Waals surface area contributed by atoms with Gasteiger partial charge in [-0.2, -0.15) is 12.1 Å². The fraction of sp³-hybridized carbons (Fsp3) is 0.185. The Morgan fingerprint density at radius 3 is 1.70 bits per heavy atom. The minimum atomic E-state index is 0. The normalized spacial score (nSPS) is 10.2. The van der Waals surface area contributed by atoms with Crippen LogP contribution in [0.15, 0.2) is 54.6 Å². The molecule has 0 N–H and O–H groups in total. The zero-order chi connectivity index (χ0) is 21.1. The molecule has 0 spiro atoms. The van der Waals surface area contributed by atoms with E-state index in [1.807, 2.05) is 58.5 Å². The average molecular weight is 469 g/mol. The second-order valence-electron chi connectivity index (χ2n) is 6.49. The van der Waals surface area contributed by atoms with Crippen LogP contribution in [0.5, 0.6) is 0 Å². The minimum absolute atomic E-state index is 0. The van der Waals surface area contributed by atoms with Gasteiger partial charge >= 0.3 is 0 Å². The van der Waals surface area contributed by atoms with Crippen LogP contribution in [-0.4, -0.2) is 12.6 Å². The number of carbonyl (C=O) groups excluding carboxylic acids is 2. The van der Waals surface area contributed by atoms with Crippen LogP contribution >= 0.6 is 0 Å². The van der Waals surface area contributed by atoms with Crippen molar-refractivity contribution < 1.29 is 42.3 Å². The number of aryl methyl sites for hydroxylation is 1. The molecule has 30 heavy (non-hydrogen) atoms. The van der Waals surface area contributed by atoms with Crippen molar-refractivity contribution in [3.63, 3.8) is 0 Å². The van der Waals surface area contributed by atoms with Gasteiger partial charge in [0.15, 0.2) is 0 Å². The Balaban J connectivity index is 0.000000607. The van der Waals surface area contributed by atoms with Crippen molar-refractivity contribution in [2.75, 3.05) is 0 Å². The minimum Gasteiger partial charge on any atom is -0.376 e. The Morgan fingerprint density at radius 1 is 0.600 bits per heavy atom. The van der Waals surface area contributed by atoms with Gasteiger partial charge in [0.25, 0.3) is 0 Å². The first kappa shape index (κ1) is 24.1. The van der Waals surface area contributed by atoms with Crippen molar-refractivity contribution in [1.82, 2.24) is 0 Å². The fourth-order valence-electron chi connectivity index (χ4n) is 4.13. The van der Waals surface area contributed by atoms with Gasteiger partial charge < -0.3 is 9.59 Å². The summed E-state index contributed by atoms with van der Waals surface area (Å²) < 4.78 is 0. The maximum Gasteiger partial charge on any atom is 0.0632 e. The summed E-state index contributed by atoms with van der Waals surface area (Å²) in [5, 5.41) is 8.36. The molecule has 5 aromatic rings. The van der Waals surface area contributed by atoms with Gasteiger partial charge in [-0.25, -0.2) is 0 Å². The maximum atomic E-state index is 11.5. The van der Waals surface area contributed by atoms with E-state index in [0.29, 0.717) is 16.5 Å². The summed E-state index contributed by atoms with van der Waals surface area (Å²) in [6, 6.07) is 18.0. The van der Waals surface area contributed by atoms with Crippen LogP contribution in [-0.2, 0) is 42.3 Å². The average Bonchev–Trinajstić information content (AvgIpc) is 2.79. The SMILES string of the molecule is CC.CC.Cc1cc2cccc3c4ccc([C-]=O)c5c([C-]=O)ccc(c(c1)c23)c54.[Y]. The van der Waals surface area contributed by atoms with E-state index in [4.69, 9.17) is 0 Å². The van der Waals surface area contributed by atoms with E-state index in [-0.39, 0.29) is 32.7 Å². The zero-order valence-corrected chi connectivity index (χ0v) is 20.9. The Bertz CT molecular complexity index is 1320. The third-order valence-corrected chi connectivity index (χ3v) is 5.08. The van der Waals surface area contributed by atoms with Gasteiger partial charge in [0, 0.05) is 32.7 Å². The molecule has 0 amide bonds. The third-order valence-electron chi connectivity index (χ3n) is 5.08. The molecule has 0 fully saturated rings. The summed E-state index contributed by atoms with van der Waals surface area (Å²) in [5.41, 5.74) is 1.99. The van der Waals surface area contributed by atoms with Gasteiger partial charge in [0.1, 0.15) is 0 Å². The zero-order valence-electron chi connectivity index (χ0n) is 18.1. The third kappa shape index (κ3) is 3.68. The predicted molar refractivity (Wildman–Crippen MR) is 125 cm³/mol. The van der Waals surface area contributed by atoms with Crippen molar-refractivity contribution in [1.29, 1.82) is 0 Å². The Hall–Kier alpha value is -2.16. The van der Waals surface area contributed by atoms with Crippen molar-refractivity contribution in [3.05, 3.63) is 71.3 Å². The Kier molecular flexibility index (Phi) is 8.23. The van der Waals surface area contributed by atoms with Gasteiger partial charge in [0.05, 0.1) is 12.6 Å². The molecule has 0 aromatic heterocycles. The van der Waals surface area contributed by atoms with E-state index in [2.05, 4.69) is 31.2 Å². The van der Waals surface area contributed by atoms with Crippen LogP contribution in [0.1, 0.15) is 44.4 Å². The summed E-state index contributed by atoms with van der Waals surface area (Å²) in [5.74, 6) is 0. The van der Waals surface area contributed by atoms with Crippen molar-refractivity contribution in [2.24, 2.45) is 0 Å². The number of hydrogen-bond acceptors (Lipinski definition) is 2. The van der Waals surface area contributed by atoms with E-state index < -0.39 is 0 Å². The molecular formula is C27H24O2Y-2. The van der Waals surface area contributed by atoms with E-state index in [9.17, 15) is 9.59 Å². The summed E-state index contributed by atoms with van der Waals surface area (Å²) in [4.78, 5) is 22.9. The van der Waals surface area contributed by atoms with Gasteiger partial charge in [-0.3, -0.25) is 0 Å². The monoisotopic (exact) mass is 469 g/mol. The maximum absolute atomic E-state index is 11.5. The molecule has 0 aliphatic rings. The van der Waals surface area contributed by atoms with E-state index >= 15 is 0 Å². The molecule has 0 bridgehead atoms. The molecule has 3 heteroatoms. The molecule has 0 aliphatic carbocycles. The van der Waals surface area contributed by atoms with Crippen LogP contribution in [0.3, 0.4) is 0 Å². The standard InChI is InChI=1S/C23H12O2.2C2H6.Y/c1-13-9-14-3-2-4-17-18-7-5-15(11-24)21-16(12-25)6-8-19(23(18)21)20(10-13)22(14)17;2*1-2;/h2-10H,1H3;2*1-2H3;/q-2;;;. The molecule has 0 saturated carbocycles. The van der Waals surface area contributed by atoms with Crippen molar-refractivity contribution in [2.45, 2.75) is 34.6 Å². The van der Waals surface area contributed by atoms with Crippen LogP contribution in [0, 0.1) is 6.92 Å². The molecule has 0 heterocycles. The first-order valence-electron chi connectivity index (χ1n) is 10.1. The second kappa shape index (κ2) is 10.2. The summed E-state index contributed by atoms with van der Waals surface area (Å²) >= 11 is 0. The summed E-state index contributed by atoms with van der Waals surface area (Å²) in [7, 11) is 0. The molecule has 0 atom stereocenters. The predicted octanol–water partition coefficient (Wildman–Crippen LogP) is 7.01. The second-order valence-corrected chi connectivity index (χ2v) is 6.49. The summed E-state index contributed by atoms with van der Waals surface area (Å²) in [6.45, 7) is 10.1. The van der Waals surface area contributed by atoms with E-state index in [1.54, 1.807) is 12.1 Å². The van der Waals surface area contributed by atoms with Crippen LogP contribution in [0.2, 0.25) is 0 Å². The number of benzene rings is 5. The molecular weight excluding hydrogens is 445 g/mol. The molecule has 1 radical (unpaired) electrons. The summed E-state index contributed by atoms with van der Waals surface area (Å²) in [6.07, 6.45) is 3.96. The van der Waals surface area contributed by atoms with Gasteiger partial charge in [-0.15, -0.1) is 28.6 Å². The molecule has 5 aromatic carbocycles. The van der Waals surface area contributed by atoms with Crippen LogP contribution in [0.4, 0.5) is 0 Å². The molecule has 0 saturated heterocycles. The first-order chi connectivity index (χ1) is 14.2. The van der Waals surface area contributed by atoms with Gasteiger partial charge in [0.2, 0.25) is 0 Å². The van der Waals surface area contributed by atoms with Crippen molar-refractivity contribution in [3.8, 4) is 0 Å². The van der Waals surface area contributed by atoms with E-state index in [0.717, 1.165) is 26.9 Å². The van der Waals surface area contributed by atoms with Crippen LogP contribution < -0.4 is 0 Å². The number of fused-ring (bicyclic) bond motifs is 2. The number of hydrogen-bond donors (Lipinski definition) is 0. The van der Waals surface area contributed by atoms with Gasteiger partial charge in [-0.05, 0) is 44.8 Å². The molecule has 0 aliphatic heterocycles. The fourth-order valence-corrected chi connectivity index (χ4v) is 4.13. The molecule has 0 unspecified atom stereocenters. The molecule has 5 rings (SSSR count). The van der Waals surface area contributed by atoms with Crippen molar-refractivity contribution >= 4 is 55.7 Å². The first-order valence-corrected chi connectivity index (χ1v) is 10.1. The quantitative estimate of drug-likeness (QED) is 0.158. The smallest absolute Gasteiger partial charge is 0.0632 e. The van der Waals surface area contributed by atoms with Crippen LogP contribution in [0.25, 0.3) is 43.1 Å².